The highest BCUT2D eigenvalue weighted by atomic mass is 32.1. The molecule has 29 heavy (non-hydrogen) atoms. The first-order valence-corrected chi connectivity index (χ1v) is 10.3. The Hall–Kier alpha value is -3.57. The highest BCUT2D eigenvalue weighted by Crippen LogP contribution is 2.38. The molecule has 0 saturated carbocycles. The molecular weight excluding hydrogens is 378 g/mol. The fourth-order valence-corrected chi connectivity index (χ4v) is 4.49. The van der Waals surface area contributed by atoms with Gasteiger partial charge < -0.3 is 4.42 Å². The molecule has 0 aliphatic heterocycles. The smallest absolute Gasteiger partial charge is 0.144 e. The number of fused-ring (bicyclic) bond motifs is 4. The van der Waals surface area contributed by atoms with Crippen molar-refractivity contribution in [1.82, 2.24) is 15.0 Å². The second-order valence-electron chi connectivity index (χ2n) is 7.12. The van der Waals surface area contributed by atoms with Crippen molar-refractivity contribution in [2.45, 2.75) is 6.92 Å². The van der Waals surface area contributed by atoms with Gasteiger partial charge in [0.25, 0.3) is 0 Å². The first kappa shape index (κ1) is 16.4. The van der Waals surface area contributed by atoms with Gasteiger partial charge in [0, 0.05) is 32.7 Å². The average molecular weight is 393 g/mol. The van der Waals surface area contributed by atoms with E-state index in [4.69, 9.17) is 4.42 Å². The molecule has 3 aromatic carbocycles. The fourth-order valence-electron chi connectivity index (χ4n) is 3.93. The van der Waals surface area contributed by atoms with Crippen molar-refractivity contribution in [2.24, 2.45) is 0 Å². The number of nitrogens with zero attached hydrogens (tertiary/aromatic N) is 3. The molecule has 3 aromatic heterocycles. The van der Waals surface area contributed by atoms with Gasteiger partial charge in [-0.3, -0.25) is 0 Å². The van der Waals surface area contributed by atoms with E-state index in [9.17, 15) is 0 Å². The Balaban J connectivity index is 1.65. The Morgan fingerprint density at radius 2 is 1.79 bits per heavy atom. The number of furan rings is 1. The van der Waals surface area contributed by atoms with Gasteiger partial charge in [0.2, 0.25) is 0 Å². The third-order valence-electron chi connectivity index (χ3n) is 5.24. The van der Waals surface area contributed by atoms with Crippen LogP contribution in [0.4, 0.5) is 0 Å². The Bertz CT molecular complexity index is 1520. The minimum Gasteiger partial charge on any atom is -0.455 e. The van der Waals surface area contributed by atoms with Crippen LogP contribution in [0.15, 0.2) is 76.2 Å². The van der Waals surface area contributed by atoms with E-state index in [1.807, 2.05) is 29.1 Å². The van der Waals surface area contributed by atoms with Crippen LogP contribution in [0.25, 0.3) is 55.4 Å². The molecule has 4 nitrogen and oxygen atoms in total. The summed E-state index contributed by atoms with van der Waals surface area (Å²) in [5.41, 5.74) is 9.55. The zero-order valence-electron chi connectivity index (χ0n) is 15.6. The summed E-state index contributed by atoms with van der Waals surface area (Å²) in [6.07, 6.45) is 1.62. The van der Waals surface area contributed by atoms with Gasteiger partial charge in [-0.25, -0.2) is 15.0 Å². The molecule has 138 valence electrons. The molecule has 0 atom stereocenters. The maximum absolute atomic E-state index is 6.26. The van der Waals surface area contributed by atoms with E-state index in [-0.39, 0.29) is 0 Å². The van der Waals surface area contributed by atoms with Crippen molar-refractivity contribution < 1.29 is 4.42 Å². The molecule has 6 aromatic rings. The molecule has 0 unspecified atom stereocenters. The summed E-state index contributed by atoms with van der Waals surface area (Å²) in [5.74, 6) is 0. The molecule has 0 fully saturated rings. The van der Waals surface area contributed by atoms with E-state index in [2.05, 4.69) is 58.3 Å². The summed E-state index contributed by atoms with van der Waals surface area (Å²) in [5, 5.41) is 5.28. The quantitative estimate of drug-likeness (QED) is 0.331. The van der Waals surface area contributed by atoms with Gasteiger partial charge in [0.05, 0.1) is 22.4 Å². The number of thiazole rings is 1. The molecule has 0 bridgehead atoms. The van der Waals surface area contributed by atoms with E-state index < -0.39 is 0 Å². The van der Waals surface area contributed by atoms with Crippen molar-refractivity contribution in [1.29, 1.82) is 0 Å². The highest BCUT2D eigenvalue weighted by molar-refractivity contribution is 7.07. The van der Waals surface area contributed by atoms with Gasteiger partial charge in [-0.15, -0.1) is 11.3 Å². The van der Waals surface area contributed by atoms with Gasteiger partial charge in [0.15, 0.2) is 0 Å². The van der Waals surface area contributed by atoms with Gasteiger partial charge >= 0.3 is 0 Å². The number of benzene rings is 3. The largest absolute Gasteiger partial charge is 0.455 e. The van der Waals surface area contributed by atoms with Crippen LogP contribution in [0.2, 0.25) is 0 Å². The lowest BCUT2D eigenvalue weighted by atomic mass is 9.99. The van der Waals surface area contributed by atoms with Gasteiger partial charge in [0.1, 0.15) is 17.5 Å². The summed E-state index contributed by atoms with van der Waals surface area (Å²) in [7, 11) is 0. The number of aryl methyl sites for hydroxylation is 1. The normalized spacial score (nSPS) is 11.6. The van der Waals surface area contributed by atoms with Crippen LogP contribution in [-0.4, -0.2) is 15.0 Å². The molecule has 0 aliphatic carbocycles. The van der Waals surface area contributed by atoms with Crippen molar-refractivity contribution in [3.63, 3.8) is 0 Å². The third kappa shape index (κ3) is 2.55. The predicted octanol–water partition coefficient (Wildman–Crippen LogP) is 6.63. The lowest BCUT2D eigenvalue weighted by molar-refractivity contribution is 0.670. The summed E-state index contributed by atoms with van der Waals surface area (Å²) in [6, 6.07) is 18.7. The molecule has 0 radical (unpaired) electrons. The first-order valence-electron chi connectivity index (χ1n) is 9.33. The van der Waals surface area contributed by atoms with E-state index in [1.54, 1.807) is 17.7 Å². The number of rotatable bonds is 2. The first-order chi connectivity index (χ1) is 14.3. The van der Waals surface area contributed by atoms with E-state index in [0.717, 1.165) is 55.4 Å². The zero-order valence-corrected chi connectivity index (χ0v) is 16.4. The second kappa shape index (κ2) is 6.22. The molecule has 3 heterocycles. The van der Waals surface area contributed by atoms with E-state index >= 15 is 0 Å². The van der Waals surface area contributed by atoms with Crippen LogP contribution in [-0.2, 0) is 0 Å². The molecule has 0 saturated heterocycles. The van der Waals surface area contributed by atoms with Crippen molar-refractivity contribution in [3.05, 3.63) is 77.4 Å². The van der Waals surface area contributed by atoms with Crippen molar-refractivity contribution in [3.8, 4) is 22.5 Å². The van der Waals surface area contributed by atoms with Crippen LogP contribution >= 0.6 is 11.3 Å². The topological polar surface area (TPSA) is 51.8 Å². The van der Waals surface area contributed by atoms with Crippen molar-refractivity contribution >= 4 is 44.2 Å². The molecular formula is C24H15N3OS. The number of aromatic nitrogens is 3. The van der Waals surface area contributed by atoms with Gasteiger partial charge in [-0.05, 0) is 42.8 Å². The Morgan fingerprint density at radius 1 is 0.862 bits per heavy atom. The summed E-state index contributed by atoms with van der Waals surface area (Å²) >= 11 is 1.59. The van der Waals surface area contributed by atoms with Crippen LogP contribution in [0, 0.1) is 6.92 Å². The average Bonchev–Trinajstić information content (AvgIpc) is 3.41. The molecule has 5 heteroatoms. The summed E-state index contributed by atoms with van der Waals surface area (Å²) in [6.45, 7) is 2.11. The SMILES string of the molecule is Cc1cc(-c2ncnc3cc(-c4cscn4)ccc23)c2oc3ccccc3c2c1. The van der Waals surface area contributed by atoms with Crippen LogP contribution in [0.1, 0.15) is 5.56 Å². The number of hydrogen-bond donors (Lipinski definition) is 0. The standard InChI is InChI=1S/C24H15N3OS/c1-14-8-18-16-4-2-3-5-22(16)28-24(18)19(9-14)23-17-7-6-15(21-11-29-13-27-21)10-20(17)25-12-26-23/h2-13H,1H3. The maximum Gasteiger partial charge on any atom is 0.144 e. The van der Waals surface area contributed by atoms with E-state index in [0.29, 0.717) is 0 Å². The van der Waals surface area contributed by atoms with Crippen LogP contribution in [0.5, 0.6) is 0 Å². The lowest BCUT2D eigenvalue weighted by Gasteiger charge is -2.08. The second-order valence-corrected chi connectivity index (χ2v) is 7.83. The predicted molar refractivity (Wildman–Crippen MR) is 118 cm³/mol. The van der Waals surface area contributed by atoms with Crippen LogP contribution < -0.4 is 0 Å². The zero-order chi connectivity index (χ0) is 19.4. The molecule has 0 spiro atoms. The lowest BCUT2D eigenvalue weighted by Crippen LogP contribution is -1.91. The summed E-state index contributed by atoms with van der Waals surface area (Å²) < 4.78 is 6.26. The number of para-hydroxylation sites is 1. The minimum atomic E-state index is 0.861. The fraction of sp³-hybridized carbons (Fsp3) is 0.0417. The number of hydrogen-bond acceptors (Lipinski definition) is 5. The third-order valence-corrected chi connectivity index (χ3v) is 5.83. The van der Waals surface area contributed by atoms with Gasteiger partial charge in [-0.2, -0.15) is 0 Å². The van der Waals surface area contributed by atoms with E-state index in [1.165, 1.54) is 5.56 Å². The summed E-state index contributed by atoms with van der Waals surface area (Å²) in [4.78, 5) is 13.6. The minimum absolute atomic E-state index is 0.861. The Labute approximate surface area is 170 Å². The monoisotopic (exact) mass is 393 g/mol. The molecule has 0 N–H and O–H groups in total. The highest BCUT2D eigenvalue weighted by Gasteiger charge is 2.16. The van der Waals surface area contributed by atoms with Crippen molar-refractivity contribution in [2.75, 3.05) is 0 Å². The van der Waals surface area contributed by atoms with Gasteiger partial charge in [-0.1, -0.05) is 24.3 Å². The Morgan fingerprint density at radius 3 is 2.69 bits per heavy atom. The molecule has 6 rings (SSSR count). The Kier molecular flexibility index (Phi) is 3.52. The van der Waals surface area contributed by atoms with Crippen LogP contribution in [0.3, 0.4) is 0 Å². The molecule has 0 amide bonds. The molecule has 0 aliphatic rings. The maximum atomic E-state index is 6.26.